The van der Waals surface area contributed by atoms with Crippen molar-refractivity contribution in [3.63, 3.8) is 0 Å². The average molecular weight is 320 g/mol. The number of rotatable bonds is 2. The lowest BCUT2D eigenvalue weighted by Gasteiger charge is -1.96. The standard InChI is InChI=1S/C13H10BrN3O2/c1-7-5-12(17-16-7)15-13(18)11-6-8-9(14)3-2-4-10(8)19-11/h2-6H,1H3,(H2,15,16,17,18). The first-order chi connectivity index (χ1) is 9.13. The summed E-state index contributed by atoms with van der Waals surface area (Å²) in [5, 5.41) is 10.2. The van der Waals surface area contributed by atoms with Gasteiger partial charge in [0.15, 0.2) is 11.6 Å². The normalized spacial score (nSPS) is 10.8. The lowest BCUT2D eigenvalue weighted by molar-refractivity contribution is 0.0998. The molecule has 0 bridgehead atoms. The quantitative estimate of drug-likeness (QED) is 0.759. The zero-order valence-electron chi connectivity index (χ0n) is 10.0. The van der Waals surface area contributed by atoms with Crippen molar-refractivity contribution < 1.29 is 9.21 Å². The highest BCUT2D eigenvalue weighted by molar-refractivity contribution is 9.10. The Bertz CT molecular complexity index is 760. The monoisotopic (exact) mass is 319 g/mol. The van der Waals surface area contributed by atoms with Crippen LogP contribution in [0.3, 0.4) is 0 Å². The number of H-pyrrole nitrogens is 1. The minimum absolute atomic E-state index is 0.252. The highest BCUT2D eigenvalue weighted by atomic mass is 79.9. The average Bonchev–Trinajstić information content (AvgIpc) is 2.96. The molecule has 96 valence electrons. The molecule has 5 nitrogen and oxygen atoms in total. The van der Waals surface area contributed by atoms with E-state index in [4.69, 9.17) is 4.42 Å². The summed E-state index contributed by atoms with van der Waals surface area (Å²) < 4.78 is 6.40. The van der Waals surface area contributed by atoms with Crippen molar-refractivity contribution in [2.24, 2.45) is 0 Å². The van der Waals surface area contributed by atoms with E-state index in [1.54, 1.807) is 12.1 Å². The van der Waals surface area contributed by atoms with Crippen LogP contribution in [0.2, 0.25) is 0 Å². The first-order valence-corrected chi connectivity index (χ1v) is 6.44. The van der Waals surface area contributed by atoms with Crippen LogP contribution in [0.1, 0.15) is 16.2 Å². The van der Waals surface area contributed by atoms with Gasteiger partial charge in [0, 0.05) is 21.6 Å². The SMILES string of the molecule is Cc1cc(NC(=O)c2cc3c(Br)cccc3o2)n[nH]1. The van der Waals surface area contributed by atoms with Gasteiger partial charge in [-0.2, -0.15) is 5.10 Å². The molecule has 19 heavy (non-hydrogen) atoms. The van der Waals surface area contributed by atoms with Gasteiger partial charge in [-0.05, 0) is 25.1 Å². The molecule has 2 heterocycles. The second-order valence-corrected chi connectivity index (χ2v) is 5.01. The van der Waals surface area contributed by atoms with Crippen LogP contribution in [0.5, 0.6) is 0 Å². The largest absolute Gasteiger partial charge is 0.451 e. The molecule has 0 aliphatic carbocycles. The molecular weight excluding hydrogens is 310 g/mol. The summed E-state index contributed by atoms with van der Waals surface area (Å²) in [6.45, 7) is 1.86. The van der Waals surface area contributed by atoms with E-state index >= 15 is 0 Å². The molecule has 0 unspecified atom stereocenters. The number of aromatic amines is 1. The van der Waals surface area contributed by atoms with Gasteiger partial charge in [-0.3, -0.25) is 9.89 Å². The van der Waals surface area contributed by atoms with Crippen LogP contribution in [-0.4, -0.2) is 16.1 Å². The highest BCUT2D eigenvalue weighted by Gasteiger charge is 2.14. The van der Waals surface area contributed by atoms with Crippen LogP contribution in [-0.2, 0) is 0 Å². The zero-order chi connectivity index (χ0) is 13.4. The number of aryl methyl sites for hydroxylation is 1. The van der Waals surface area contributed by atoms with E-state index in [0.29, 0.717) is 11.4 Å². The van der Waals surface area contributed by atoms with Crippen molar-refractivity contribution in [1.82, 2.24) is 10.2 Å². The summed E-state index contributed by atoms with van der Waals surface area (Å²) in [5.74, 6) is 0.402. The number of hydrogen-bond acceptors (Lipinski definition) is 3. The second-order valence-electron chi connectivity index (χ2n) is 4.15. The number of nitrogens with zero attached hydrogens (tertiary/aromatic N) is 1. The third kappa shape index (κ3) is 2.26. The molecule has 0 aliphatic heterocycles. The Morgan fingerprint density at radius 2 is 2.26 bits per heavy atom. The number of halogens is 1. The summed E-state index contributed by atoms with van der Waals surface area (Å²) in [7, 11) is 0. The fraction of sp³-hybridized carbons (Fsp3) is 0.0769. The summed E-state index contributed by atoms with van der Waals surface area (Å²) >= 11 is 3.42. The molecule has 2 aromatic heterocycles. The summed E-state index contributed by atoms with van der Waals surface area (Å²) in [6.07, 6.45) is 0. The Labute approximate surface area is 117 Å². The van der Waals surface area contributed by atoms with Gasteiger partial charge in [0.05, 0.1) is 0 Å². The molecule has 0 saturated carbocycles. The number of amides is 1. The van der Waals surface area contributed by atoms with E-state index in [1.807, 2.05) is 25.1 Å². The number of anilines is 1. The first-order valence-electron chi connectivity index (χ1n) is 5.65. The van der Waals surface area contributed by atoms with E-state index in [2.05, 4.69) is 31.4 Å². The predicted octanol–water partition coefficient (Wildman–Crippen LogP) is 3.48. The third-order valence-electron chi connectivity index (χ3n) is 2.68. The fourth-order valence-corrected chi connectivity index (χ4v) is 2.26. The van der Waals surface area contributed by atoms with Gasteiger partial charge in [0.25, 0.3) is 5.91 Å². The number of carbonyl (C=O) groups is 1. The van der Waals surface area contributed by atoms with Crippen LogP contribution in [0.25, 0.3) is 11.0 Å². The van der Waals surface area contributed by atoms with Crippen LogP contribution in [0.4, 0.5) is 5.82 Å². The fourth-order valence-electron chi connectivity index (χ4n) is 1.80. The van der Waals surface area contributed by atoms with Gasteiger partial charge in [-0.25, -0.2) is 0 Å². The number of aromatic nitrogens is 2. The van der Waals surface area contributed by atoms with Crippen LogP contribution >= 0.6 is 15.9 Å². The smallest absolute Gasteiger partial charge is 0.292 e. The Hall–Kier alpha value is -2.08. The highest BCUT2D eigenvalue weighted by Crippen LogP contribution is 2.27. The lowest BCUT2D eigenvalue weighted by Crippen LogP contribution is -2.10. The van der Waals surface area contributed by atoms with Gasteiger partial charge < -0.3 is 9.73 Å². The molecule has 3 aromatic rings. The molecule has 0 saturated heterocycles. The Morgan fingerprint density at radius 3 is 2.95 bits per heavy atom. The number of benzene rings is 1. The van der Waals surface area contributed by atoms with Gasteiger partial charge in [-0.15, -0.1) is 0 Å². The topological polar surface area (TPSA) is 70.9 Å². The van der Waals surface area contributed by atoms with Gasteiger partial charge >= 0.3 is 0 Å². The maximum absolute atomic E-state index is 12.0. The molecule has 0 radical (unpaired) electrons. The third-order valence-corrected chi connectivity index (χ3v) is 3.37. The zero-order valence-corrected chi connectivity index (χ0v) is 11.6. The number of fused-ring (bicyclic) bond motifs is 1. The van der Waals surface area contributed by atoms with E-state index in [-0.39, 0.29) is 11.7 Å². The molecule has 0 atom stereocenters. The molecular formula is C13H10BrN3O2. The van der Waals surface area contributed by atoms with Crippen molar-refractivity contribution in [1.29, 1.82) is 0 Å². The van der Waals surface area contributed by atoms with Crippen molar-refractivity contribution in [3.05, 3.63) is 46.3 Å². The van der Waals surface area contributed by atoms with E-state index in [0.717, 1.165) is 15.6 Å². The lowest BCUT2D eigenvalue weighted by atomic mass is 10.2. The molecule has 2 N–H and O–H groups in total. The first kappa shape index (κ1) is 12.0. The Balaban J connectivity index is 1.91. The van der Waals surface area contributed by atoms with Crippen LogP contribution in [0, 0.1) is 6.92 Å². The number of hydrogen-bond donors (Lipinski definition) is 2. The molecule has 1 aromatic carbocycles. The molecule has 3 rings (SSSR count). The van der Waals surface area contributed by atoms with Crippen LogP contribution in [0.15, 0.2) is 39.2 Å². The van der Waals surface area contributed by atoms with E-state index in [9.17, 15) is 4.79 Å². The maximum atomic E-state index is 12.0. The van der Waals surface area contributed by atoms with Crippen molar-refractivity contribution >= 4 is 38.6 Å². The van der Waals surface area contributed by atoms with Gasteiger partial charge in [-0.1, -0.05) is 22.0 Å². The van der Waals surface area contributed by atoms with Gasteiger partial charge in [0.2, 0.25) is 0 Å². The number of carbonyl (C=O) groups excluding carboxylic acids is 1. The second kappa shape index (κ2) is 4.55. The Kier molecular flexibility index (Phi) is 2.87. The molecule has 1 amide bonds. The number of furan rings is 1. The summed E-state index contributed by atoms with van der Waals surface area (Å²) in [4.78, 5) is 12.0. The maximum Gasteiger partial charge on any atom is 0.292 e. The molecule has 0 spiro atoms. The molecule has 0 fully saturated rings. The van der Waals surface area contributed by atoms with Crippen molar-refractivity contribution in [2.75, 3.05) is 5.32 Å². The number of nitrogens with one attached hydrogen (secondary N) is 2. The Morgan fingerprint density at radius 1 is 1.42 bits per heavy atom. The molecule has 0 aliphatic rings. The van der Waals surface area contributed by atoms with Crippen molar-refractivity contribution in [3.8, 4) is 0 Å². The molecule has 6 heteroatoms. The minimum atomic E-state index is -0.324. The van der Waals surface area contributed by atoms with E-state index < -0.39 is 0 Å². The minimum Gasteiger partial charge on any atom is -0.451 e. The summed E-state index contributed by atoms with van der Waals surface area (Å²) in [6, 6.07) is 9.02. The van der Waals surface area contributed by atoms with Gasteiger partial charge in [0.1, 0.15) is 5.58 Å². The van der Waals surface area contributed by atoms with E-state index in [1.165, 1.54) is 0 Å². The summed E-state index contributed by atoms with van der Waals surface area (Å²) in [5.41, 5.74) is 1.54. The van der Waals surface area contributed by atoms with Crippen molar-refractivity contribution in [2.45, 2.75) is 6.92 Å². The van der Waals surface area contributed by atoms with Crippen LogP contribution < -0.4 is 5.32 Å². The predicted molar refractivity (Wildman–Crippen MR) is 75.2 cm³/mol.